The van der Waals surface area contributed by atoms with E-state index in [4.69, 9.17) is 20.4 Å². The van der Waals surface area contributed by atoms with E-state index in [1.165, 1.54) is 0 Å². The Kier molecular flexibility index (Phi) is 37.5. The van der Waals surface area contributed by atoms with Crippen LogP contribution in [-0.4, -0.2) is 95.9 Å². The van der Waals surface area contributed by atoms with E-state index < -0.39 is 0 Å². The van der Waals surface area contributed by atoms with Crippen LogP contribution in [0.15, 0.2) is 38.0 Å². The first kappa shape index (κ1) is 32.6. The molecule has 0 saturated carbocycles. The summed E-state index contributed by atoms with van der Waals surface area (Å²) in [6.07, 6.45) is 5.42. The molecule has 0 aliphatic rings. The van der Waals surface area contributed by atoms with E-state index in [0.717, 1.165) is 18.4 Å². The van der Waals surface area contributed by atoms with E-state index in [9.17, 15) is 0 Å². The Labute approximate surface area is 172 Å². The van der Waals surface area contributed by atoms with Gasteiger partial charge in [0.15, 0.2) is 0 Å². The van der Waals surface area contributed by atoms with Gasteiger partial charge in [-0.05, 0) is 12.2 Å². The molecule has 0 aliphatic carbocycles. The van der Waals surface area contributed by atoms with E-state index in [2.05, 4.69) is 41.0 Å². The molecular formula is C17H36Br2N2O4. The van der Waals surface area contributed by atoms with Gasteiger partial charge in [0.1, 0.15) is 13.1 Å². The third kappa shape index (κ3) is 26.3. The molecule has 152 valence electrons. The van der Waals surface area contributed by atoms with E-state index in [1.54, 1.807) is 6.08 Å². The van der Waals surface area contributed by atoms with Crippen LogP contribution in [0.4, 0.5) is 0 Å². The summed E-state index contributed by atoms with van der Waals surface area (Å²) in [5.74, 6) is 0. The van der Waals surface area contributed by atoms with Crippen molar-refractivity contribution in [3.05, 3.63) is 38.0 Å². The smallest absolute Gasteiger partial charge is 0.103 e. The fraction of sp³-hybridized carbons (Fsp3) is 0.647. The van der Waals surface area contributed by atoms with Gasteiger partial charge in [-0.15, -0.1) is 6.58 Å². The summed E-state index contributed by atoms with van der Waals surface area (Å²) >= 11 is 3.13. The number of allylic oxidation sites excluding steroid dienone is 1. The van der Waals surface area contributed by atoms with Crippen molar-refractivity contribution in [2.75, 3.05) is 71.0 Å². The van der Waals surface area contributed by atoms with Crippen molar-refractivity contribution in [1.82, 2.24) is 5.32 Å². The molecule has 0 rings (SSSR count). The highest BCUT2D eigenvalue weighted by molar-refractivity contribution is 9.09. The molecule has 0 unspecified atom stereocenters. The van der Waals surface area contributed by atoms with Crippen molar-refractivity contribution in [2.45, 2.75) is 0 Å². The summed E-state index contributed by atoms with van der Waals surface area (Å²) in [7, 11) is 0. The summed E-state index contributed by atoms with van der Waals surface area (Å²) in [4.78, 5) is 0. The normalized spacial score (nSPS) is 9.48. The third-order valence-electron chi connectivity index (χ3n) is 2.87. The number of hydrogen-bond acceptors (Lipinski definition) is 5. The molecule has 0 bridgehead atoms. The van der Waals surface area contributed by atoms with Crippen LogP contribution < -0.4 is 22.3 Å². The van der Waals surface area contributed by atoms with E-state index in [-0.39, 0.29) is 43.4 Å². The first-order chi connectivity index (χ1) is 11.6. The van der Waals surface area contributed by atoms with Crippen LogP contribution in [-0.2, 0) is 0 Å². The predicted molar refractivity (Wildman–Crippen MR) is 105 cm³/mol. The molecule has 25 heavy (non-hydrogen) atoms. The SMILES string of the molecule is C=CCBr.C=CC[N+](CC=C)(CCO)CCO.OCCNCCO.[Br-]. The maximum atomic E-state index is 8.92. The van der Waals surface area contributed by atoms with Crippen LogP contribution in [0, 0.1) is 0 Å². The molecule has 0 amide bonds. The minimum absolute atomic E-state index is 0. The molecule has 0 fully saturated rings. The van der Waals surface area contributed by atoms with Crippen molar-refractivity contribution in [2.24, 2.45) is 0 Å². The van der Waals surface area contributed by atoms with Gasteiger partial charge < -0.3 is 47.2 Å². The van der Waals surface area contributed by atoms with Gasteiger partial charge in [-0.3, -0.25) is 0 Å². The van der Waals surface area contributed by atoms with Crippen molar-refractivity contribution in [3.8, 4) is 0 Å². The molecule has 8 heteroatoms. The second-order valence-electron chi connectivity index (χ2n) is 4.82. The first-order valence-corrected chi connectivity index (χ1v) is 9.08. The van der Waals surface area contributed by atoms with Crippen LogP contribution in [0.25, 0.3) is 0 Å². The Morgan fingerprint density at radius 1 is 0.760 bits per heavy atom. The zero-order chi connectivity index (χ0) is 19.1. The maximum absolute atomic E-state index is 8.92. The number of nitrogens with zero attached hydrogens (tertiary/aromatic N) is 1. The van der Waals surface area contributed by atoms with Crippen molar-refractivity contribution < 1.29 is 41.9 Å². The maximum Gasteiger partial charge on any atom is 0.103 e. The number of aliphatic hydroxyl groups excluding tert-OH is 4. The number of hydrogen-bond donors (Lipinski definition) is 5. The molecule has 6 nitrogen and oxygen atoms in total. The Balaban J connectivity index is -0.000000155. The second kappa shape index (κ2) is 28.7. The van der Waals surface area contributed by atoms with Gasteiger partial charge in [0, 0.05) is 18.4 Å². The molecule has 0 aliphatic heterocycles. The topological polar surface area (TPSA) is 93.0 Å². The molecule has 0 saturated heterocycles. The largest absolute Gasteiger partial charge is 1.00 e. The molecule has 0 spiro atoms. The standard InChI is InChI=1S/C10H20NO2.C4H11NO2.C3H5Br.BrH/c1-3-5-11(6-4-2,7-9-12)8-10-13;6-3-1-5-2-4-7;1-2-3-4;/h3-4,12-13H,1-2,5-10H2;5-7H,1-4H2;2H,1,3H2;1H/q+1;;;/p-1. The summed E-state index contributed by atoms with van der Waals surface area (Å²) < 4.78 is 0.639. The van der Waals surface area contributed by atoms with Crippen molar-refractivity contribution in [3.63, 3.8) is 0 Å². The molecule has 0 aromatic rings. The molecule has 5 N–H and O–H groups in total. The molecular weight excluding hydrogens is 456 g/mol. The minimum Gasteiger partial charge on any atom is -1.00 e. The lowest BCUT2D eigenvalue weighted by Crippen LogP contribution is -3.00. The Morgan fingerprint density at radius 2 is 1.12 bits per heavy atom. The number of nitrogens with one attached hydrogen (secondary N) is 1. The van der Waals surface area contributed by atoms with Gasteiger partial charge in [0.05, 0.1) is 39.5 Å². The van der Waals surface area contributed by atoms with Gasteiger partial charge in [-0.2, -0.15) is 0 Å². The number of halogens is 2. The minimum atomic E-state index is 0. The van der Waals surface area contributed by atoms with E-state index in [0.29, 0.717) is 30.7 Å². The summed E-state index contributed by atoms with van der Waals surface area (Å²) in [6.45, 7) is 15.3. The Bertz CT molecular complexity index is 261. The molecule has 0 radical (unpaired) electrons. The predicted octanol–water partition coefficient (Wildman–Crippen LogP) is -2.71. The van der Waals surface area contributed by atoms with Crippen LogP contribution in [0.5, 0.6) is 0 Å². The highest BCUT2D eigenvalue weighted by Gasteiger charge is 2.22. The Hall–Kier alpha value is -0.0600. The van der Waals surface area contributed by atoms with Gasteiger partial charge in [0.2, 0.25) is 0 Å². The fourth-order valence-electron chi connectivity index (χ4n) is 1.81. The van der Waals surface area contributed by atoms with Gasteiger partial charge in [-0.1, -0.05) is 35.2 Å². The molecule has 0 aromatic carbocycles. The summed E-state index contributed by atoms with van der Waals surface area (Å²) in [5, 5.41) is 37.8. The van der Waals surface area contributed by atoms with E-state index in [1.807, 2.05) is 12.2 Å². The number of aliphatic hydroxyl groups is 4. The first-order valence-electron chi connectivity index (χ1n) is 7.95. The fourth-order valence-corrected chi connectivity index (χ4v) is 1.81. The van der Waals surface area contributed by atoms with Gasteiger partial charge in [0.25, 0.3) is 0 Å². The van der Waals surface area contributed by atoms with Crippen LogP contribution in [0.2, 0.25) is 0 Å². The van der Waals surface area contributed by atoms with Crippen molar-refractivity contribution in [1.29, 1.82) is 0 Å². The van der Waals surface area contributed by atoms with E-state index >= 15 is 0 Å². The number of alkyl halides is 1. The lowest BCUT2D eigenvalue weighted by Gasteiger charge is -2.35. The second-order valence-corrected chi connectivity index (χ2v) is 5.47. The average Bonchev–Trinajstić information content (AvgIpc) is 2.57. The zero-order valence-electron chi connectivity index (χ0n) is 15.1. The summed E-state index contributed by atoms with van der Waals surface area (Å²) in [5.41, 5.74) is 0. The number of rotatable bonds is 13. The highest BCUT2D eigenvalue weighted by atomic mass is 79.9. The van der Waals surface area contributed by atoms with Crippen LogP contribution in [0.1, 0.15) is 0 Å². The molecule has 0 aromatic heterocycles. The molecule has 0 heterocycles. The van der Waals surface area contributed by atoms with Gasteiger partial charge in [-0.25, -0.2) is 0 Å². The summed E-state index contributed by atoms with van der Waals surface area (Å²) in [6, 6.07) is 0. The lowest BCUT2D eigenvalue weighted by molar-refractivity contribution is -0.917. The number of quaternary nitrogens is 1. The lowest BCUT2D eigenvalue weighted by atomic mass is 10.3. The highest BCUT2D eigenvalue weighted by Crippen LogP contribution is 2.06. The average molecular weight is 492 g/mol. The van der Waals surface area contributed by atoms with Crippen LogP contribution >= 0.6 is 15.9 Å². The zero-order valence-corrected chi connectivity index (χ0v) is 18.3. The monoisotopic (exact) mass is 490 g/mol. The van der Waals surface area contributed by atoms with Crippen LogP contribution in [0.3, 0.4) is 0 Å². The quantitative estimate of drug-likeness (QED) is 0.0836. The molecule has 0 atom stereocenters. The third-order valence-corrected chi connectivity index (χ3v) is 3.33. The van der Waals surface area contributed by atoms with Crippen molar-refractivity contribution >= 4 is 15.9 Å². The van der Waals surface area contributed by atoms with Gasteiger partial charge >= 0.3 is 0 Å². The Morgan fingerprint density at radius 3 is 1.32 bits per heavy atom.